The maximum Gasteiger partial charge on any atom is 0.253 e. The van der Waals surface area contributed by atoms with Crippen molar-refractivity contribution >= 4 is 27.7 Å². The number of benzene rings is 1. The Hall–Kier alpha value is -2.78. The van der Waals surface area contributed by atoms with Gasteiger partial charge in [-0.25, -0.2) is 13.4 Å². The smallest absolute Gasteiger partial charge is 0.253 e. The number of carbonyl (C=O) groups is 2. The molecule has 35 heavy (non-hydrogen) atoms. The van der Waals surface area contributed by atoms with Crippen LogP contribution in [-0.2, 0) is 14.8 Å². The van der Waals surface area contributed by atoms with Crippen molar-refractivity contribution in [2.75, 3.05) is 31.5 Å². The average molecular weight is 499 g/mol. The lowest BCUT2D eigenvalue weighted by Gasteiger charge is -2.34. The van der Waals surface area contributed by atoms with Crippen LogP contribution in [0.1, 0.15) is 49.2 Å². The van der Waals surface area contributed by atoms with Crippen molar-refractivity contribution in [2.45, 2.75) is 44.9 Å². The Bertz CT molecular complexity index is 1190. The highest BCUT2D eigenvalue weighted by molar-refractivity contribution is 7.89. The number of sulfonamides is 1. The molecular formula is C26H34N4O4S. The number of nitrogens with zero attached hydrogens (tertiary/aromatic N) is 3. The van der Waals surface area contributed by atoms with Gasteiger partial charge in [0.2, 0.25) is 15.9 Å². The second kappa shape index (κ2) is 10.5. The fourth-order valence-corrected chi connectivity index (χ4v) is 6.87. The number of aryl methyl sites for hydroxylation is 1. The summed E-state index contributed by atoms with van der Waals surface area (Å²) in [6, 6.07) is 11.7. The molecule has 2 amide bonds. The molecule has 2 fully saturated rings. The predicted molar refractivity (Wildman–Crippen MR) is 134 cm³/mol. The summed E-state index contributed by atoms with van der Waals surface area (Å²) in [5.41, 5.74) is 1.14. The number of aromatic nitrogens is 1. The van der Waals surface area contributed by atoms with Crippen molar-refractivity contribution < 1.29 is 18.0 Å². The van der Waals surface area contributed by atoms with Gasteiger partial charge in [0.1, 0.15) is 5.82 Å². The quantitative estimate of drug-likeness (QED) is 0.680. The van der Waals surface area contributed by atoms with Gasteiger partial charge in [-0.2, -0.15) is 4.31 Å². The standard InChI is InChI=1S/C26H34N4O4S/c1-18-13-19(2)16-30(15-18)35(33,34)23-10-5-8-21(14-23)26(32)29-12-6-9-22(17-29)25(31)28-24-11-4-7-20(3)27-24/h4-5,7-8,10-11,14,18-19,22H,6,9,12-13,15-17H2,1-3H3,(H,27,28,31). The maximum absolute atomic E-state index is 13.3. The second-order valence-corrected chi connectivity index (χ2v) is 12.0. The molecule has 1 aromatic carbocycles. The maximum atomic E-state index is 13.3. The Morgan fingerprint density at radius 3 is 2.46 bits per heavy atom. The minimum atomic E-state index is -3.69. The Labute approximate surface area is 207 Å². The molecule has 0 bridgehead atoms. The van der Waals surface area contributed by atoms with Crippen molar-refractivity contribution in [3.8, 4) is 0 Å². The molecule has 3 unspecified atom stereocenters. The van der Waals surface area contributed by atoms with Crippen LogP contribution in [0, 0.1) is 24.7 Å². The van der Waals surface area contributed by atoms with Crippen LogP contribution in [0.3, 0.4) is 0 Å². The van der Waals surface area contributed by atoms with E-state index in [0.29, 0.717) is 55.7 Å². The Morgan fingerprint density at radius 2 is 1.74 bits per heavy atom. The van der Waals surface area contributed by atoms with E-state index in [4.69, 9.17) is 0 Å². The molecule has 2 aromatic rings. The number of nitrogens with one attached hydrogen (secondary N) is 1. The first-order chi connectivity index (χ1) is 16.6. The third-order valence-corrected chi connectivity index (χ3v) is 8.60. The van der Waals surface area contributed by atoms with E-state index >= 15 is 0 Å². The minimum Gasteiger partial charge on any atom is -0.338 e. The molecule has 0 radical (unpaired) electrons. The summed E-state index contributed by atoms with van der Waals surface area (Å²) in [5.74, 6) is 0.323. The summed E-state index contributed by atoms with van der Waals surface area (Å²) >= 11 is 0. The zero-order valence-corrected chi connectivity index (χ0v) is 21.4. The number of amides is 2. The van der Waals surface area contributed by atoms with E-state index in [1.54, 1.807) is 29.2 Å². The number of likely N-dealkylation sites (tertiary alicyclic amines) is 1. The molecule has 8 nitrogen and oxygen atoms in total. The van der Waals surface area contributed by atoms with Gasteiger partial charge < -0.3 is 10.2 Å². The molecule has 2 saturated heterocycles. The molecule has 3 atom stereocenters. The van der Waals surface area contributed by atoms with Crippen LogP contribution >= 0.6 is 0 Å². The van der Waals surface area contributed by atoms with Gasteiger partial charge in [0.25, 0.3) is 5.91 Å². The van der Waals surface area contributed by atoms with Gasteiger partial charge in [0.05, 0.1) is 10.8 Å². The van der Waals surface area contributed by atoms with Crippen molar-refractivity contribution in [1.82, 2.24) is 14.2 Å². The largest absolute Gasteiger partial charge is 0.338 e. The first kappa shape index (κ1) is 25.3. The van der Waals surface area contributed by atoms with E-state index in [0.717, 1.165) is 12.1 Å². The molecule has 188 valence electrons. The van der Waals surface area contributed by atoms with E-state index in [1.165, 1.54) is 10.4 Å². The zero-order chi connectivity index (χ0) is 25.2. The number of piperidine rings is 2. The molecule has 2 aliphatic rings. The Kier molecular flexibility index (Phi) is 7.56. The SMILES string of the molecule is Cc1cccc(NC(=O)C2CCCN(C(=O)c3cccc(S(=O)(=O)N4CC(C)CC(C)C4)c3)C2)n1. The lowest BCUT2D eigenvalue weighted by Crippen LogP contribution is -2.44. The number of hydrogen-bond acceptors (Lipinski definition) is 5. The van der Waals surface area contributed by atoms with Crippen LogP contribution in [0.4, 0.5) is 5.82 Å². The molecule has 1 aromatic heterocycles. The van der Waals surface area contributed by atoms with Gasteiger partial charge in [-0.05, 0) is 68.4 Å². The van der Waals surface area contributed by atoms with Gasteiger partial charge in [-0.3, -0.25) is 9.59 Å². The van der Waals surface area contributed by atoms with Crippen LogP contribution in [-0.4, -0.2) is 60.6 Å². The minimum absolute atomic E-state index is 0.140. The highest BCUT2D eigenvalue weighted by atomic mass is 32.2. The molecular weight excluding hydrogens is 464 g/mol. The lowest BCUT2D eigenvalue weighted by atomic mass is 9.94. The second-order valence-electron chi connectivity index (χ2n) is 10.0. The molecule has 9 heteroatoms. The number of carbonyl (C=O) groups excluding carboxylic acids is 2. The van der Waals surface area contributed by atoms with E-state index < -0.39 is 10.0 Å². The van der Waals surface area contributed by atoms with Gasteiger partial charge in [-0.15, -0.1) is 0 Å². The number of rotatable bonds is 5. The monoisotopic (exact) mass is 498 g/mol. The summed E-state index contributed by atoms with van der Waals surface area (Å²) < 4.78 is 28.2. The van der Waals surface area contributed by atoms with E-state index in [1.807, 2.05) is 19.1 Å². The Balaban J connectivity index is 1.46. The van der Waals surface area contributed by atoms with Gasteiger partial charge in [-0.1, -0.05) is 26.0 Å². The highest BCUT2D eigenvalue weighted by Crippen LogP contribution is 2.28. The number of pyridine rings is 1. The van der Waals surface area contributed by atoms with Crippen LogP contribution in [0.25, 0.3) is 0 Å². The van der Waals surface area contributed by atoms with Crippen LogP contribution in [0.5, 0.6) is 0 Å². The number of anilines is 1. The van der Waals surface area contributed by atoms with E-state index in [9.17, 15) is 18.0 Å². The predicted octanol–water partition coefficient (Wildman–Crippen LogP) is 3.55. The third-order valence-electron chi connectivity index (χ3n) is 6.77. The van der Waals surface area contributed by atoms with Crippen molar-refractivity contribution in [3.05, 3.63) is 53.7 Å². The highest BCUT2D eigenvalue weighted by Gasteiger charge is 2.33. The summed E-state index contributed by atoms with van der Waals surface area (Å²) in [5, 5.41) is 2.85. The summed E-state index contributed by atoms with van der Waals surface area (Å²) in [7, 11) is -3.69. The fraction of sp³-hybridized carbons (Fsp3) is 0.500. The van der Waals surface area contributed by atoms with Crippen LogP contribution in [0.15, 0.2) is 47.4 Å². The number of hydrogen-bond donors (Lipinski definition) is 1. The summed E-state index contributed by atoms with van der Waals surface area (Å²) in [6.07, 6.45) is 2.39. The summed E-state index contributed by atoms with van der Waals surface area (Å²) in [6.45, 7) is 7.79. The zero-order valence-electron chi connectivity index (χ0n) is 20.6. The molecule has 1 N–H and O–H groups in total. The van der Waals surface area contributed by atoms with Crippen molar-refractivity contribution in [1.29, 1.82) is 0 Å². The van der Waals surface area contributed by atoms with Crippen LogP contribution < -0.4 is 5.32 Å². The van der Waals surface area contributed by atoms with Gasteiger partial charge in [0.15, 0.2) is 0 Å². The Morgan fingerprint density at radius 1 is 1.03 bits per heavy atom. The van der Waals surface area contributed by atoms with Crippen molar-refractivity contribution in [2.24, 2.45) is 17.8 Å². The third kappa shape index (κ3) is 5.90. The van der Waals surface area contributed by atoms with E-state index in [-0.39, 0.29) is 29.2 Å². The van der Waals surface area contributed by atoms with Crippen molar-refractivity contribution in [3.63, 3.8) is 0 Å². The van der Waals surface area contributed by atoms with Crippen LogP contribution in [0.2, 0.25) is 0 Å². The molecule has 0 spiro atoms. The van der Waals surface area contributed by atoms with E-state index in [2.05, 4.69) is 24.1 Å². The molecule has 0 aliphatic carbocycles. The normalized spacial score (nSPS) is 23.6. The first-order valence-electron chi connectivity index (χ1n) is 12.3. The molecule has 2 aliphatic heterocycles. The van der Waals surface area contributed by atoms with Gasteiger partial charge in [0, 0.05) is 37.4 Å². The fourth-order valence-electron chi connectivity index (χ4n) is 5.14. The first-order valence-corrected chi connectivity index (χ1v) is 13.7. The topological polar surface area (TPSA) is 99.7 Å². The van der Waals surface area contributed by atoms with Gasteiger partial charge >= 0.3 is 0 Å². The molecule has 3 heterocycles. The average Bonchev–Trinajstić information content (AvgIpc) is 2.83. The lowest BCUT2D eigenvalue weighted by molar-refractivity contribution is -0.121. The molecule has 0 saturated carbocycles. The molecule has 4 rings (SSSR count). The summed E-state index contributed by atoms with van der Waals surface area (Å²) in [4.78, 5) is 32.2.